The molecular formula is C34H46BrNO4. The Balaban J connectivity index is 1.55. The Morgan fingerprint density at radius 1 is 0.825 bits per heavy atom. The first-order chi connectivity index (χ1) is 19.5. The molecule has 0 aliphatic carbocycles. The van der Waals surface area contributed by atoms with Gasteiger partial charge in [0.1, 0.15) is 11.5 Å². The fourth-order valence-electron chi connectivity index (χ4n) is 5.51. The van der Waals surface area contributed by atoms with Crippen molar-refractivity contribution in [3.05, 3.63) is 69.7 Å². The van der Waals surface area contributed by atoms with Crippen LogP contribution in [0.25, 0.3) is 5.76 Å². The molecule has 218 valence electrons. The Hall–Kier alpha value is -2.60. The maximum atomic E-state index is 13.2. The standard InChI is InChI=1S/C34H46BrNO4/c1-3-4-5-6-7-8-9-10-11-12-13-14-15-16-24-36-31(26-20-22-29(40-2)23-21-26)30(33(38)34(36)39)32(37)27-18-17-19-28(35)25-27/h17-23,25,31,37H,3-16,24H2,1-2H3/b32-30+/t31-/m0/s1. The first-order valence-corrected chi connectivity index (χ1v) is 16.0. The zero-order valence-corrected chi connectivity index (χ0v) is 25.9. The maximum Gasteiger partial charge on any atom is 0.295 e. The molecule has 3 rings (SSSR count). The van der Waals surface area contributed by atoms with Crippen molar-refractivity contribution in [1.29, 1.82) is 0 Å². The lowest BCUT2D eigenvalue weighted by molar-refractivity contribution is -0.139. The van der Waals surface area contributed by atoms with E-state index in [1.54, 1.807) is 30.2 Å². The number of hydrogen-bond donors (Lipinski definition) is 1. The van der Waals surface area contributed by atoms with Gasteiger partial charge in [0.2, 0.25) is 0 Å². The molecule has 2 aromatic rings. The van der Waals surface area contributed by atoms with Crippen LogP contribution in [0, 0.1) is 0 Å². The largest absolute Gasteiger partial charge is 0.507 e. The van der Waals surface area contributed by atoms with E-state index in [1.165, 1.54) is 70.6 Å². The maximum absolute atomic E-state index is 13.2. The minimum absolute atomic E-state index is 0.138. The van der Waals surface area contributed by atoms with Crippen molar-refractivity contribution in [3.8, 4) is 5.75 Å². The number of amides is 1. The summed E-state index contributed by atoms with van der Waals surface area (Å²) >= 11 is 3.43. The number of hydrogen-bond acceptors (Lipinski definition) is 4. The minimum Gasteiger partial charge on any atom is -0.507 e. The molecule has 1 saturated heterocycles. The zero-order valence-electron chi connectivity index (χ0n) is 24.3. The molecule has 0 spiro atoms. The number of aliphatic hydroxyl groups is 1. The summed E-state index contributed by atoms with van der Waals surface area (Å²) in [6.45, 7) is 2.74. The molecule has 6 heteroatoms. The highest BCUT2D eigenvalue weighted by Gasteiger charge is 2.45. The van der Waals surface area contributed by atoms with Gasteiger partial charge >= 0.3 is 0 Å². The summed E-state index contributed by atoms with van der Waals surface area (Å²) in [4.78, 5) is 28.0. The Kier molecular flexibility index (Phi) is 13.8. The van der Waals surface area contributed by atoms with E-state index < -0.39 is 17.7 Å². The molecule has 5 nitrogen and oxygen atoms in total. The first kappa shape index (κ1) is 31.9. The second-order valence-corrected chi connectivity index (χ2v) is 11.8. The fourth-order valence-corrected chi connectivity index (χ4v) is 5.91. The van der Waals surface area contributed by atoms with E-state index in [9.17, 15) is 14.7 Å². The highest BCUT2D eigenvalue weighted by molar-refractivity contribution is 9.10. The van der Waals surface area contributed by atoms with Crippen LogP contribution in [0.2, 0.25) is 0 Å². The number of ketones is 1. The third-order valence-corrected chi connectivity index (χ3v) is 8.32. The molecule has 1 heterocycles. The molecule has 1 N–H and O–H groups in total. The summed E-state index contributed by atoms with van der Waals surface area (Å²) in [5, 5.41) is 11.2. The van der Waals surface area contributed by atoms with Gasteiger partial charge < -0.3 is 14.7 Å². The summed E-state index contributed by atoms with van der Waals surface area (Å²) in [5.74, 6) is -0.640. The van der Waals surface area contributed by atoms with Crippen LogP contribution in [0.3, 0.4) is 0 Å². The quantitative estimate of drug-likeness (QED) is 0.0789. The van der Waals surface area contributed by atoms with Crippen molar-refractivity contribution in [2.24, 2.45) is 0 Å². The van der Waals surface area contributed by atoms with Crippen molar-refractivity contribution in [2.45, 2.75) is 103 Å². The Morgan fingerprint density at radius 2 is 1.38 bits per heavy atom. The van der Waals surface area contributed by atoms with Crippen LogP contribution >= 0.6 is 15.9 Å². The topological polar surface area (TPSA) is 66.8 Å². The predicted molar refractivity (Wildman–Crippen MR) is 166 cm³/mol. The van der Waals surface area contributed by atoms with E-state index in [0.29, 0.717) is 17.9 Å². The lowest BCUT2D eigenvalue weighted by atomic mass is 9.95. The summed E-state index contributed by atoms with van der Waals surface area (Å²) in [6.07, 6.45) is 17.6. The van der Waals surface area contributed by atoms with Gasteiger partial charge in [-0.05, 0) is 36.2 Å². The molecule has 0 saturated carbocycles. The van der Waals surface area contributed by atoms with Crippen molar-refractivity contribution >= 4 is 33.4 Å². The minimum atomic E-state index is -0.636. The molecule has 0 radical (unpaired) electrons. The Morgan fingerprint density at radius 3 is 1.90 bits per heavy atom. The fraction of sp³-hybridized carbons (Fsp3) is 0.529. The van der Waals surface area contributed by atoms with Crippen LogP contribution in [-0.2, 0) is 9.59 Å². The molecule has 0 bridgehead atoms. The predicted octanol–water partition coefficient (Wildman–Crippen LogP) is 9.36. The van der Waals surface area contributed by atoms with Crippen molar-refractivity contribution in [3.63, 3.8) is 0 Å². The number of Topliss-reactive ketones (excluding diaryl/α,β-unsaturated/α-hetero) is 1. The van der Waals surface area contributed by atoms with Crippen LogP contribution in [0.15, 0.2) is 58.6 Å². The van der Waals surface area contributed by atoms with Gasteiger partial charge in [0.25, 0.3) is 11.7 Å². The molecule has 0 aromatic heterocycles. The number of carbonyl (C=O) groups is 2. The van der Waals surface area contributed by atoms with Crippen molar-refractivity contribution in [1.82, 2.24) is 4.90 Å². The molecule has 1 aliphatic rings. The normalized spacial score (nSPS) is 16.6. The third-order valence-electron chi connectivity index (χ3n) is 7.82. The number of rotatable bonds is 18. The number of likely N-dealkylation sites (tertiary alicyclic amines) is 1. The van der Waals surface area contributed by atoms with Gasteiger partial charge in [0.15, 0.2) is 0 Å². The second kappa shape index (κ2) is 17.3. The van der Waals surface area contributed by atoms with Crippen molar-refractivity contribution < 1.29 is 19.4 Å². The van der Waals surface area contributed by atoms with E-state index >= 15 is 0 Å². The Bertz CT molecular complexity index is 1110. The SMILES string of the molecule is CCCCCCCCCCCCCCCCN1C(=O)C(=O)/C(=C(/O)c2cccc(Br)c2)[C@@H]1c1ccc(OC)cc1. The van der Waals surface area contributed by atoms with Gasteiger partial charge in [0, 0.05) is 16.6 Å². The average Bonchev–Trinajstić information content (AvgIpc) is 3.22. The van der Waals surface area contributed by atoms with Crippen LogP contribution in [0.4, 0.5) is 0 Å². The number of nitrogens with zero attached hydrogens (tertiary/aromatic N) is 1. The van der Waals surface area contributed by atoms with Crippen LogP contribution in [0.5, 0.6) is 5.75 Å². The molecule has 0 unspecified atom stereocenters. The molecule has 1 aliphatic heterocycles. The van der Waals surface area contributed by atoms with E-state index in [-0.39, 0.29) is 11.3 Å². The lowest BCUT2D eigenvalue weighted by Crippen LogP contribution is -2.30. The molecule has 1 amide bonds. The number of aliphatic hydroxyl groups excluding tert-OH is 1. The van der Waals surface area contributed by atoms with E-state index in [2.05, 4.69) is 22.9 Å². The van der Waals surface area contributed by atoms with Crippen LogP contribution in [-0.4, -0.2) is 35.4 Å². The molecule has 2 aromatic carbocycles. The molecule has 1 fully saturated rings. The number of ether oxygens (including phenoxy) is 1. The summed E-state index contributed by atoms with van der Waals surface area (Å²) in [7, 11) is 1.60. The number of unbranched alkanes of at least 4 members (excludes halogenated alkanes) is 13. The number of carbonyl (C=O) groups excluding carboxylic acids is 2. The third kappa shape index (κ3) is 9.22. The number of halogens is 1. The van der Waals surface area contributed by atoms with Crippen LogP contribution < -0.4 is 4.74 Å². The summed E-state index contributed by atoms with van der Waals surface area (Å²) in [6, 6.07) is 13.9. The van der Waals surface area contributed by atoms with Crippen molar-refractivity contribution in [2.75, 3.05) is 13.7 Å². The van der Waals surface area contributed by atoms with Crippen LogP contribution in [0.1, 0.15) is 114 Å². The summed E-state index contributed by atoms with van der Waals surface area (Å²) < 4.78 is 6.09. The molecule has 1 atom stereocenters. The first-order valence-electron chi connectivity index (χ1n) is 15.2. The average molecular weight is 613 g/mol. The van der Waals surface area contributed by atoms with Gasteiger partial charge in [0.05, 0.1) is 18.7 Å². The molecular weight excluding hydrogens is 566 g/mol. The lowest BCUT2D eigenvalue weighted by Gasteiger charge is -2.25. The highest BCUT2D eigenvalue weighted by atomic mass is 79.9. The van der Waals surface area contributed by atoms with Gasteiger partial charge in [-0.15, -0.1) is 0 Å². The van der Waals surface area contributed by atoms with Gasteiger partial charge in [-0.3, -0.25) is 9.59 Å². The summed E-state index contributed by atoms with van der Waals surface area (Å²) in [5.41, 5.74) is 1.42. The van der Waals surface area contributed by atoms with Gasteiger partial charge in [-0.1, -0.05) is 131 Å². The molecule has 40 heavy (non-hydrogen) atoms. The van der Waals surface area contributed by atoms with E-state index in [0.717, 1.165) is 29.3 Å². The highest BCUT2D eigenvalue weighted by Crippen LogP contribution is 2.40. The zero-order chi connectivity index (χ0) is 28.7. The second-order valence-electron chi connectivity index (χ2n) is 10.9. The van der Waals surface area contributed by atoms with Gasteiger partial charge in [-0.25, -0.2) is 0 Å². The Labute approximate surface area is 249 Å². The van der Waals surface area contributed by atoms with E-state index in [4.69, 9.17) is 4.74 Å². The monoisotopic (exact) mass is 611 g/mol. The number of methoxy groups -OCH3 is 1. The van der Waals surface area contributed by atoms with Gasteiger partial charge in [-0.2, -0.15) is 0 Å². The smallest absolute Gasteiger partial charge is 0.295 e. The van der Waals surface area contributed by atoms with E-state index in [1.807, 2.05) is 30.3 Å². The number of benzene rings is 2.